The number of carbonyl (C=O) groups is 2. The summed E-state index contributed by atoms with van der Waals surface area (Å²) < 4.78 is 5.67. The molecule has 0 aliphatic heterocycles. The van der Waals surface area contributed by atoms with Crippen LogP contribution in [0.1, 0.15) is 23.0 Å². The molecular formula is C16H16N2O5. The van der Waals surface area contributed by atoms with E-state index in [4.69, 9.17) is 9.84 Å². The number of carbonyl (C=O) groups excluding carboxylic acids is 1. The highest BCUT2D eigenvalue weighted by atomic mass is 16.5. The van der Waals surface area contributed by atoms with Crippen LogP contribution in [0.2, 0.25) is 0 Å². The Morgan fingerprint density at radius 1 is 1.30 bits per heavy atom. The molecule has 1 aromatic carbocycles. The molecule has 0 saturated heterocycles. The Hall–Kier alpha value is -3.09. The molecule has 120 valence electrons. The number of rotatable bonds is 6. The average molecular weight is 316 g/mol. The Morgan fingerprint density at radius 3 is 2.70 bits per heavy atom. The monoisotopic (exact) mass is 316 g/mol. The van der Waals surface area contributed by atoms with Gasteiger partial charge >= 0.3 is 5.97 Å². The number of carboxylic acids is 1. The molecule has 0 atom stereocenters. The summed E-state index contributed by atoms with van der Waals surface area (Å²) in [5, 5.41) is 20.5. The molecule has 1 heterocycles. The molecule has 2 aromatic rings. The number of aromatic nitrogens is 1. The number of benzene rings is 1. The van der Waals surface area contributed by atoms with E-state index in [-0.39, 0.29) is 17.2 Å². The van der Waals surface area contributed by atoms with Crippen LogP contribution in [0.5, 0.6) is 17.2 Å². The van der Waals surface area contributed by atoms with Crippen molar-refractivity contribution in [3.63, 3.8) is 0 Å². The van der Waals surface area contributed by atoms with E-state index >= 15 is 0 Å². The number of aliphatic carboxylic acids is 1. The molecule has 0 fully saturated rings. The fourth-order valence-corrected chi connectivity index (χ4v) is 1.93. The standard InChI is InChI=1S/C16H16N2O5/c1-2-10-5-3-4-6-13(10)23-11-7-12(19)15(17-8-11)16(22)18-9-14(20)21/h3-8,19H,2,9H2,1H3,(H,18,22)(H,20,21). The first kappa shape index (κ1) is 16.3. The quantitative estimate of drug-likeness (QED) is 0.751. The summed E-state index contributed by atoms with van der Waals surface area (Å²) in [5.41, 5.74) is 0.734. The number of aromatic hydroxyl groups is 1. The second kappa shape index (κ2) is 7.26. The minimum Gasteiger partial charge on any atom is -0.505 e. The van der Waals surface area contributed by atoms with Crippen LogP contribution in [-0.4, -0.2) is 33.6 Å². The smallest absolute Gasteiger partial charge is 0.322 e. The van der Waals surface area contributed by atoms with Crippen LogP contribution in [0.3, 0.4) is 0 Å². The van der Waals surface area contributed by atoms with Gasteiger partial charge in [-0.1, -0.05) is 25.1 Å². The van der Waals surface area contributed by atoms with Crippen molar-refractivity contribution in [3.05, 3.63) is 47.8 Å². The van der Waals surface area contributed by atoms with Gasteiger partial charge in [0, 0.05) is 6.07 Å². The van der Waals surface area contributed by atoms with Crippen LogP contribution in [-0.2, 0) is 11.2 Å². The summed E-state index contributed by atoms with van der Waals surface area (Å²) in [6, 6.07) is 8.71. The Bertz CT molecular complexity index is 730. The minimum atomic E-state index is -1.19. The molecular weight excluding hydrogens is 300 g/mol. The van der Waals surface area contributed by atoms with Gasteiger partial charge in [0.15, 0.2) is 11.4 Å². The Kier molecular flexibility index (Phi) is 5.14. The van der Waals surface area contributed by atoms with Crippen molar-refractivity contribution in [2.45, 2.75) is 13.3 Å². The lowest BCUT2D eigenvalue weighted by molar-refractivity contribution is -0.135. The Balaban J connectivity index is 2.16. The van der Waals surface area contributed by atoms with Crippen LogP contribution in [0, 0.1) is 0 Å². The Morgan fingerprint density at radius 2 is 2.04 bits per heavy atom. The SMILES string of the molecule is CCc1ccccc1Oc1cnc(C(=O)NCC(=O)O)c(O)c1. The van der Waals surface area contributed by atoms with Gasteiger partial charge in [0.05, 0.1) is 6.20 Å². The number of para-hydroxylation sites is 1. The van der Waals surface area contributed by atoms with Crippen molar-refractivity contribution in [2.24, 2.45) is 0 Å². The molecule has 7 nitrogen and oxygen atoms in total. The maximum Gasteiger partial charge on any atom is 0.322 e. The summed E-state index contributed by atoms with van der Waals surface area (Å²) in [7, 11) is 0. The van der Waals surface area contributed by atoms with Gasteiger partial charge in [-0.15, -0.1) is 0 Å². The normalized spacial score (nSPS) is 10.1. The highest BCUT2D eigenvalue weighted by molar-refractivity contribution is 5.96. The second-order valence-electron chi connectivity index (χ2n) is 4.68. The van der Waals surface area contributed by atoms with Gasteiger partial charge < -0.3 is 20.3 Å². The van der Waals surface area contributed by atoms with Crippen LogP contribution in [0.15, 0.2) is 36.5 Å². The number of aryl methyl sites for hydroxylation is 1. The summed E-state index contributed by atoms with van der Waals surface area (Å²) in [6.45, 7) is 1.44. The summed E-state index contributed by atoms with van der Waals surface area (Å²) in [5.74, 6) is -1.43. The highest BCUT2D eigenvalue weighted by Crippen LogP contribution is 2.28. The summed E-state index contributed by atoms with van der Waals surface area (Å²) in [4.78, 5) is 26.0. The maximum absolute atomic E-state index is 11.7. The van der Waals surface area contributed by atoms with Crippen molar-refractivity contribution < 1.29 is 24.5 Å². The van der Waals surface area contributed by atoms with E-state index in [9.17, 15) is 14.7 Å². The lowest BCUT2D eigenvalue weighted by atomic mass is 10.1. The van der Waals surface area contributed by atoms with Crippen LogP contribution in [0.25, 0.3) is 0 Å². The van der Waals surface area contributed by atoms with Gasteiger partial charge in [-0.2, -0.15) is 0 Å². The third-order valence-electron chi connectivity index (χ3n) is 3.04. The highest BCUT2D eigenvalue weighted by Gasteiger charge is 2.15. The molecule has 0 aliphatic rings. The molecule has 23 heavy (non-hydrogen) atoms. The van der Waals surface area contributed by atoms with E-state index in [2.05, 4.69) is 10.3 Å². The van der Waals surface area contributed by atoms with E-state index < -0.39 is 18.4 Å². The largest absolute Gasteiger partial charge is 0.505 e. The molecule has 7 heteroatoms. The predicted octanol–water partition coefficient (Wildman–Crippen LogP) is 1.96. The molecule has 2 rings (SSSR count). The lowest BCUT2D eigenvalue weighted by Crippen LogP contribution is -2.29. The van der Waals surface area contributed by atoms with Crippen LogP contribution < -0.4 is 10.1 Å². The van der Waals surface area contributed by atoms with E-state index in [1.807, 2.05) is 25.1 Å². The first-order valence-corrected chi connectivity index (χ1v) is 6.96. The number of ether oxygens (including phenoxy) is 1. The first-order chi connectivity index (χ1) is 11.0. The van der Waals surface area contributed by atoms with Crippen LogP contribution >= 0.6 is 0 Å². The van der Waals surface area contributed by atoms with Crippen LogP contribution in [0.4, 0.5) is 0 Å². The average Bonchev–Trinajstić information content (AvgIpc) is 2.53. The number of carboxylic acid groups (broad SMARTS) is 1. The zero-order valence-electron chi connectivity index (χ0n) is 12.4. The summed E-state index contributed by atoms with van der Waals surface area (Å²) in [6.07, 6.45) is 2.08. The number of nitrogens with one attached hydrogen (secondary N) is 1. The number of amides is 1. The number of pyridine rings is 1. The molecule has 3 N–H and O–H groups in total. The lowest BCUT2D eigenvalue weighted by Gasteiger charge is -2.11. The Labute approximate surface area is 132 Å². The molecule has 0 aliphatic carbocycles. The molecule has 0 unspecified atom stereocenters. The van der Waals surface area contributed by atoms with Gasteiger partial charge in [0.25, 0.3) is 5.91 Å². The van der Waals surface area contributed by atoms with Gasteiger partial charge in [-0.25, -0.2) is 4.98 Å². The second-order valence-corrected chi connectivity index (χ2v) is 4.68. The van der Waals surface area contributed by atoms with E-state index in [0.29, 0.717) is 5.75 Å². The third-order valence-corrected chi connectivity index (χ3v) is 3.04. The third kappa shape index (κ3) is 4.19. The van der Waals surface area contributed by atoms with Gasteiger partial charge in [0.1, 0.15) is 18.0 Å². The molecule has 1 amide bonds. The predicted molar refractivity (Wildman–Crippen MR) is 81.8 cm³/mol. The van der Waals surface area contributed by atoms with Crippen molar-refractivity contribution in [1.29, 1.82) is 0 Å². The van der Waals surface area contributed by atoms with E-state index in [0.717, 1.165) is 12.0 Å². The molecule has 0 saturated carbocycles. The summed E-state index contributed by atoms with van der Waals surface area (Å²) >= 11 is 0. The minimum absolute atomic E-state index is 0.262. The fraction of sp³-hybridized carbons (Fsp3) is 0.188. The fourth-order valence-electron chi connectivity index (χ4n) is 1.93. The van der Waals surface area contributed by atoms with E-state index in [1.54, 1.807) is 6.07 Å². The van der Waals surface area contributed by atoms with Gasteiger partial charge in [-0.3, -0.25) is 9.59 Å². The van der Waals surface area contributed by atoms with Crippen molar-refractivity contribution in [3.8, 4) is 17.2 Å². The molecule has 0 bridgehead atoms. The number of nitrogens with zero attached hydrogens (tertiary/aromatic N) is 1. The van der Waals surface area contributed by atoms with Crippen molar-refractivity contribution >= 4 is 11.9 Å². The van der Waals surface area contributed by atoms with Crippen molar-refractivity contribution in [1.82, 2.24) is 10.3 Å². The maximum atomic E-state index is 11.7. The van der Waals surface area contributed by atoms with Crippen molar-refractivity contribution in [2.75, 3.05) is 6.54 Å². The van der Waals surface area contributed by atoms with E-state index in [1.165, 1.54) is 12.3 Å². The van der Waals surface area contributed by atoms with Gasteiger partial charge in [-0.05, 0) is 18.1 Å². The zero-order valence-corrected chi connectivity index (χ0v) is 12.4. The number of hydrogen-bond donors (Lipinski definition) is 3. The molecule has 0 radical (unpaired) electrons. The molecule has 0 spiro atoms. The number of hydrogen-bond acceptors (Lipinski definition) is 5. The zero-order chi connectivity index (χ0) is 16.8. The molecule has 1 aromatic heterocycles. The first-order valence-electron chi connectivity index (χ1n) is 6.96. The topological polar surface area (TPSA) is 109 Å². The van der Waals surface area contributed by atoms with Gasteiger partial charge in [0.2, 0.25) is 0 Å².